The smallest absolute Gasteiger partial charge is 0.120 e. The molecule has 1 atom stereocenters. The molecule has 0 aliphatic carbocycles. The monoisotopic (exact) mass is 251 g/mol. The Morgan fingerprint density at radius 2 is 1.72 bits per heavy atom. The summed E-state index contributed by atoms with van der Waals surface area (Å²) in [5.74, 6) is 1.80. The highest BCUT2D eigenvalue weighted by molar-refractivity contribution is 5.31. The molecule has 0 aliphatic rings. The molecule has 102 valence electrons. The fourth-order valence-corrected chi connectivity index (χ4v) is 1.68. The van der Waals surface area contributed by atoms with Crippen LogP contribution in [0.1, 0.15) is 33.6 Å². The molecule has 1 rings (SSSR count). The number of hydrogen-bond donors (Lipinski definition) is 1. The van der Waals surface area contributed by atoms with Crippen molar-refractivity contribution in [3.63, 3.8) is 0 Å². The van der Waals surface area contributed by atoms with Crippen LogP contribution in [0.5, 0.6) is 11.5 Å². The van der Waals surface area contributed by atoms with Gasteiger partial charge in [-0.15, -0.1) is 0 Å². The van der Waals surface area contributed by atoms with E-state index in [-0.39, 0.29) is 6.10 Å². The molecule has 0 saturated heterocycles. The zero-order valence-corrected chi connectivity index (χ0v) is 11.7. The van der Waals surface area contributed by atoms with Crippen LogP contribution in [0.15, 0.2) is 24.3 Å². The van der Waals surface area contributed by atoms with Gasteiger partial charge in [0.2, 0.25) is 0 Å². The molecule has 0 fully saturated rings. The Kier molecular flexibility index (Phi) is 7.26. The average molecular weight is 251 g/mol. The molecule has 18 heavy (non-hydrogen) atoms. The first-order valence-corrected chi connectivity index (χ1v) is 6.90. The number of nitrogens with one attached hydrogen (secondary N) is 1. The molecule has 1 aromatic carbocycles. The second kappa shape index (κ2) is 8.81. The van der Waals surface area contributed by atoms with Crippen molar-refractivity contribution in [1.29, 1.82) is 0 Å². The SMILES string of the molecule is CCCNCC(CC)Oc1ccc(OCC)cc1. The minimum Gasteiger partial charge on any atom is -0.494 e. The summed E-state index contributed by atoms with van der Waals surface area (Å²) in [6.45, 7) is 8.93. The van der Waals surface area contributed by atoms with Gasteiger partial charge in [0.1, 0.15) is 17.6 Å². The first kappa shape index (κ1) is 14.8. The van der Waals surface area contributed by atoms with Crippen LogP contribution in [-0.4, -0.2) is 25.8 Å². The standard InChI is InChI=1S/C15H25NO2/c1-4-11-16-12-13(5-2)18-15-9-7-14(8-10-15)17-6-3/h7-10,13,16H,4-6,11-12H2,1-3H3. The van der Waals surface area contributed by atoms with Crippen molar-refractivity contribution in [3.05, 3.63) is 24.3 Å². The molecular weight excluding hydrogens is 226 g/mol. The Morgan fingerprint density at radius 3 is 2.28 bits per heavy atom. The van der Waals surface area contributed by atoms with E-state index in [1.54, 1.807) is 0 Å². The molecular formula is C15H25NO2. The molecule has 3 heteroatoms. The number of benzene rings is 1. The van der Waals surface area contributed by atoms with E-state index in [1.165, 1.54) is 0 Å². The summed E-state index contributed by atoms with van der Waals surface area (Å²) >= 11 is 0. The summed E-state index contributed by atoms with van der Waals surface area (Å²) in [5.41, 5.74) is 0. The Labute approximate surface area is 110 Å². The largest absolute Gasteiger partial charge is 0.494 e. The molecule has 0 heterocycles. The number of hydrogen-bond acceptors (Lipinski definition) is 3. The van der Waals surface area contributed by atoms with E-state index in [0.717, 1.165) is 37.4 Å². The van der Waals surface area contributed by atoms with Gasteiger partial charge in [-0.2, -0.15) is 0 Å². The fourth-order valence-electron chi connectivity index (χ4n) is 1.68. The van der Waals surface area contributed by atoms with E-state index in [4.69, 9.17) is 9.47 Å². The van der Waals surface area contributed by atoms with Gasteiger partial charge in [-0.05, 0) is 50.6 Å². The summed E-state index contributed by atoms with van der Waals surface area (Å²) in [7, 11) is 0. The van der Waals surface area contributed by atoms with Gasteiger partial charge in [0.05, 0.1) is 6.61 Å². The summed E-state index contributed by atoms with van der Waals surface area (Å²) in [4.78, 5) is 0. The third-order valence-electron chi connectivity index (χ3n) is 2.69. The third kappa shape index (κ3) is 5.41. The van der Waals surface area contributed by atoms with E-state index in [2.05, 4.69) is 19.2 Å². The van der Waals surface area contributed by atoms with Gasteiger partial charge in [-0.3, -0.25) is 0 Å². The molecule has 0 aliphatic heterocycles. The van der Waals surface area contributed by atoms with Crippen molar-refractivity contribution in [2.75, 3.05) is 19.7 Å². The second-order valence-corrected chi connectivity index (χ2v) is 4.26. The Balaban J connectivity index is 2.43. The lowest BCUT2D eigenvalue weighted by Gasteiger charge is -2.18. The molecule has 0 spiro atoms. The highest BCUT2D eigenvalue weighted by Gasteiger charge is 2.07. The molecule has 1 unspecified atom stereocenters. The van der Waals surface area contributed by atoms with Crippen molar-refractivity contribution < 1.29 is 9.47 Å². The molecule has 0 radical (unpaired) electrons. The van der Waals surface area contributed by atoms with E-state index < -0.39 is 0 Å². The van der Waals surface area contributed by atoms with Gasteiger partial charge in [-0.25, -0.2) is 0 Å². The highest BCUT2D eigenvalue weighted by Crippen LogP contribution is 2.19. The Morgan fingerprint density at radius 1 is 1.06 bits per heavy atom. The van der Waals surface area contributed by atoms with Crippen molar-refractivity contribution in [1.82, 2.24) is 5.32 Å². The quantitative estimate of drug-likeness (QED) is 0.683. The highest BCUT2D eigenvalue weighted by atomic mass is 16.5. The zero-order chi connectivity index (χ0) is 13.2. The van der Waals surface area contributed by atoms with Gasteiger partial charge in [0, 0.05) is 6.54 Å². The van der Waals surface area contributed by atoms with Crippen molar-refractivity contribution in [3.8, 4) is 11.5 Å². The third-order valence-corrected chi connectivity index (χ3v) is 2.69. The lowest BCUT2D eigenvalue weighted by Crippen LogP contribution is -2.31. The Hall–Kier alpha value is -1.22. The van der Waals surface area contributed by atoms with Crippen molar-refractivity contribution in [2.24, 2.45) is 0 Å². The fraction of sp³-hybridized carbons (Fsp3) is 0.600. The molecule has 0 aromatic heterocycles. The van der Waals surface area contributed by atoms with E-state index >= 15 is 0 Å². The number of ether oxygens (including phenoxy) is 2. The normalized spacial score (nSPS) is 12.2. The van der Waals surface area contributed by atoms with E-state index in [9.17, 15) is 0 Å². The lowest BCUT2D eigenvalue weighted by atomic mass is 10.2. The molecule has 1 aromatic rings. The predicted octanol–water partition coefficient (Wildman–Crippen LogP) is 3.24. The van der Waals surface area contributed by atoms with Crippen LogP contribution in [-0.2, 0) is 0 Å². The van der Waals surface area contributed by atoms with Crippen LogP contribution in [0.3, 0.4) is 0 Å². The van der Waals surface area contributed by atoms with Crippen molar-refractivity contribution in [2.45, 2.75) is 39.7 Å². The summed E-state index contributed by atoms with van der Waals surface area (Å²) in [5, 5.41) is 3.39. The maximum absolute atomic E-state index is 5.93. The van der Waals surface area contributed by atoms with E-state index in [0.29, 0.717) is 6.61 Å². The van der Waals surface area contributed by atoms with Crippen LogP contribution >= 0.6 is 0 Å². The van der Waals surface area contributed by atoms with Gasteiger partial charge in [0.15, 0.2) is 0 Å². The van der Waals surface area contributed by atoms with Crippen LogP contribution < -0.4 is 14.8 Å². The van der Waals surface area contributed by atoms with E-state index in [1.807, 2.05) is 31.2 Å². The minimum absolute atomic E-state index is 0.231. The second-order valence-electron chi connectivity index (χ2n) is 4.26. The summed E-state index contributed by atoms with van der Waals surface area (Å²) in [6.07, 6.45) is 2.39. The maximum atomic E-state index is 5.93. The van der Waals surface area contributed by atoms with Crippen LogP contribution in [0, 0.1) is 0 Å². The summed E-state index contributed by atoms with van der Waals surface area (Å²) in [6, 6.07) is 7.83. The van der Waals surface area contributed by atoms with Gasteiger partial charge >= 0.3 is 0 Å². The van der Waals surface area contributed by atoms with Crippen molar-refractivity contribution >= 4 is 0 Å². The summed E-state index contributed by atoms with van der Waals surface area (Å²) < 4.78 is 11.3. The average Bonchev–Trinajstić information content (AvgIpc) is 2.40. The molecule has 0 bridgehead atoms. The zero-order valence-electron chi connectivity index (χ0n) is 11.7. The number of rotatable bonds is 9. The first-order valence-electron chi connectivity index (χ1n) is 6.90. The van der Waals surface area contributed by atoms with Gasteiger partial charge < -0.3 is 14.8 Å². The molecule has 0 saturated carbocycles. The minimum atomic E-state index is 0.231. The predicted molar refractivity (Wildman–Crippen MR) is 75.5 cm³/mol. The van der Waals surface area contributed by atoms with Gasteiger partial charge in [-0.1, -0.05) is 13.8 Å². The Bertz CT molecular complexity index is 311. The first-order chi connectivity index (χ1) is 8.80. The topological polar surface area (TPSA) is 30.5 Å². The molecule has 3 nitrogen and oxygen atoms in total. The molecule has 0 amide bonds. The maximum Gasteiger partial charge on any atom is 0.120 e. The molecule has 1 N–H and O–H groups in total. The van der Waals surface area contributed by atoms with Crippen LogP contribution in [0.4, 0.5) is 0 Å². The van der Waals surface area contributed by atoms with Crippen LogP contribution in [0.25, 0.3) is 0 Å². The van der Waals surface area contributed by atoms with Gasteiger partial charge in [0.25, 0.3) is 0 Å². The lowest BCUT2D eigenvalue weighted by molar-refractivity contribution is 0.193. The van der Waals surface area contributed by atoms with Crippen LogP contribution in [0.2, 0.25) is 0 Å².